The second kappa shape index (κ2) is 25.1. The summed E-state index contributed by atoms with van der Waals surface area (Å²) in [5.74, 6) is -2.10. The summed E-state index contributed by atoms with van der Waals surface area (Å²) in [6, 6.07) is 59.3. The Morgan fingerprint density at radius 3 is 1.41 bits per heavy atom. The Morgan fingerprint density at radius 1 is 0.500 bits per heavy atom. The van der Waals surface area contributed by atoms with Crippen LogP contribution in [-0.2, 0) is 17.2 Å². The largest absolute Gasteiger partial charge is 0.364 e. The van der Waals surface area contributed by atoms with Gasteiger partial charge in [0.15, 0.2) is 0 Å². The van der Waals surface area contributed by atoms with Crippen LogP contribution in [0.25, 0.3) is 88.2 Å². The number of nitrogens with one attached hydrogen (secondary N) is 1. The van der Waals surface area contributed by atoms with E-state index in [1.807, 2.05) is 109 Å². The fourth-order valence-electron chi connectivity index (χ4n) is 9.21. The maximum Gasteiger partial charge on any atom is 0.267 e. The maximum absolute atomic E-state index is 13.4. The van der Waals surface area contributed by atoms with E-state index in [2.05, 4.69) is 72.4 Å². The van der Waals surface area contributed by atoms with Crippen LogP contribution in [0, 0.1) is 28.8 Å². The number of amides is 2. The molecule has 12 nitrogen and oxygen atoms in total. The first-order valence-electron chi connectivity index (χ1n) is 25.3. The number of rotatable bonds is 9. The fraction of sp³-hybridized carbons (Fsp3) is 0.0462. The van der Waals surface area contributed by atoms with Crippen LogP contribution in [0.15, 0.2) is 207 Å². The van der Waals surface area contributed by atoms with Gasteiger partial charge in [0.2, 0.25) is 0 Å². The van der Waals surface area contributed by atoms with Gasteiger partial charge in [0.05, 0.1) is 51.3 Å². The number of carbonyl (C=O) groups excluding carboxylic acids is 2. The number of H-pyrrole nitrogens is 1. The number of fused-ring (bicyclic) bond motifs is 5. The van der Waals surface area contributed by atoms with E-state index in [4.69, 9.17) is 16.7 Å². The second-order valence-electron chi connectivity index (χ2n) is 18.6. The van der Waals surface area contributed by atoms with Crippen molar-refractivity contribution in [3.8, 4) is 39.4 Å². The number of nitrogens with two attached hydrogens (primary N) is 2. The van der Waals surface area contributed by atoms with Crippen molar-refractivity contribution in [2.75, 3.05) is 0 Å². The lowest BCUT2D eigenvalue weighted by molar-refractivity contribution is 0.0987. The van der Waals surface area contributed by atoms with Gasteiger partial charge in [0.25, 0.3) is 11.8 Å². The Bertz CT molecular complexity index is 4500. The number of halogens is 5. The van der Waals surface area contributed by atoms with Gasteiger partial charge in [-0.15, -0.1) is 0 Å². The molecule has 5 heterocycles. The first kappa shape index (κ1) is 55.4. The second-order valence-corrected chi connectivity index (χ2v) is 19.8. The van der Waals surface area contributed by atoms with Gasteiger partial charge in [-0.25, -0.2) is 38.1 Å². The molecule has 13 rings (SSSR count). The number of alkyl halides is 2. The van der Waals surface area contributed by atoms with E-state index in [1.165, 1.54) is 36.4 Å². The molecule has 0 saturated heterocycles. The average Bonchev–Trinajstić information content (AvgIpc) is 4.12. The molecule has 0 saturated carbocycles. The third-order valence-electron chi connectivity index (χ3n) is 13.2. The van der Waals surface area contributed by atoms with E-state index >= 15 is 0 Å². The first-order valence-corrected chi connectivity index (χ1v) is 27.6. The molecule has 0 radical (unpaired) electrons. The smallest absolute Gasteiger partial charge is 0.267 e. The van der Waals surface area contributed by atoms with Gasteiger partial charge < -0.3 is 21.0 Å². The lowest BCUT2D eigenvalue weighted by atomic mass is 9.98. The third-order valence-corrected chi connectivity index (χ3v) is 14.5. The van der Waals surface area contributed by atoms with E-state index in [0.29, 0.717) is 28.6 Å². The molecule has 8 aromatic carbocycles. The minimum absolute atomic E-state index is 0.173. The summed E-state index contributed by atoms with van der Waals surface area (Å²) >= 11 is 6.82. The summed E-state index contributed by atoms with van der Waals surface area (Å²) in [5.41, 5.74) is 25.9. The summed E-state index contributed by atoms with van der Waals surface area (Å²) in [6.07, 6.45) is 3.51. The van der Waals surface area contributed by atoms with Gasteiger partial charge >= 0.3 is 0 Å². The van der Waals surface area contributed by atoms with Crippen molar-refractivity contribution in [1.82, 2.24) is 34.5 Å². The topological polar surface area (TPSA) is 195 Å². The Labute approximate surface area is 484 Å². The number of benzene rings is 8. The molecule has 0 fully saturated rings. The van der Waals surface area contributed by atoms with Crippen molar-refractivity contribution in [3.05, 3.63) is 258 Å². The van der Waals surface area contributed by atoms with E-state index in [9.17, 15) is 22.8 Å². The molecule has 13 aromatic rings. The predicted molar refractivity (Wildman–Crippen MR) is 323 cm³/mol. The zero-order chi connectivity index (χ0) is 57.3. The van der Waals surface area contributed by atoms with E-state index in [0.717, 1.165) is 99.1 Å². The van der Waals surface area contributed by atoms with Gasteiger partial charge in [-0.05, 0) is 147 Å². The van der Waals surface area contributed by atoms with Crippen LogP contribution in [0.3, 0.4) is 0 Å². The molecule has 0 bridgehead atoms. The number of para-hydroxylation sites is 4. The zero-order valence-corrected chi connectivity index (χ0v) is 46.4. The molecule has 0 aliphatic carbocycles. The number of primary amides is 2. The number of hydrogen-bond acceptors (Lipinski definition) is 8. The highest BCUT2D eigenvalue weighted by Gasteiger charge is 2.15. The summed E-state index contributed by atoms with van der Waals surface area (Å²) < 4.78 is 41.7. The normalized spacial score (nSPS) is 10.8. The van der Waals surface area contributed by atoms with Crippen molar-refractivity contribution in [1.29, 1.82) is 5.26 Å². The zero-order valence-electron chi connectivity index (χ0n) is 43.2. The molecule has 0 atom stereocenters. The highest BCUT2D eigenvalue weighted by atomic mass is 79.9. The minimum atomic E-state index is -0.605. The SMILES string of the molecule is N#Cc1cc(-c2ccc(F)cc2)c2ccc(CBr)cc2n1.NC(=O)c1cc(-c2ccc(F)cc2)c2ccc(CBr)cc2n1.NC(=O)c1cc(-c2ccc(F)cc2)c2ccc(Cn3cnc4ccccc43)cc2n1.c1ccc2[nH]cnc2c1. The molecular weight excluding hydrogens is 1170 g/mol. The van der Waals surface area contributed by atoms with Crippen molar-refractivity contribution in [2.24, 2.45) is 11.5 Å². The monoisotopic (exact) mass is 1210 g/mol. The molecule has 402 valence electrons. The van der Waals surface area contributed by atoms with Crippen LogP contribution >= 0.6 is 31.9 Å². The van der Waals surface area contributed by atoms with Crippen molar-refractivity contribution in [3.63, 3.8) is 0 Å². The van der Waals surface area contributed by atoms with E-state index in [-0.39, 0.29) is 28.8 Å². The highest BCUT2D eigenvalue weighted by Crippen LogP contribution is 2.33. The summed E-state index contributed by atoms with van der Waals surface area (Å²) in [7, 11) is 0. The average molecular weight is 1210 g/mol. The first-order chi connectivity index (χ1) is 39.8. The molecule has 0 aliphatic heterocycles. The Kier molecular flexibility index (Phi) is 16.9. The van der Waals surface area contributed by atoms with Crippen LogP contribution in [0.5, 0.6) is 0 Å². The summed E-state index contributed by atoms with van der Waals surface area (Å²) in [5, 5.41) is 13.3. The van der Waals surface area contributed by atoms with E-state index < -0.39 is 11.8 Å². The van der Waals surface area contributed by atoms with Crippen LogP contribution in [-0.4, -0.2) is 46.3 Å². The highest BCUT2D eigenvalue weighted by molar-refractivity contribution is 9.08. The van der Waals surface area contributed by atoms with Crippen LogP contribution in [0.2, 0.25) is 0 Å². The third kappa shape index (κ3) is 12.7. The number of nitriles is 1. The lowest BCUT2D eigenvalue weighted by Crippen LogP contribution is -2.13. The minimum Gasteiger partial charge on any atom is -0.364 e. The quantitative estimate of drug-likeness (QED) is 0.119. The van der Waals surface area contributed by atoms with Crippen LogP contribution in [0.1, 0.15) is 43.4 Å². The van der Waals surface area contributed by atoms with Gasteiger partial charge in [0, 0.05) is 33.4 Å². The van der Waals surface area contributed by atoms with Gasteiger partial charge in [-0.1, -0.05) is 129 Å². The van der Waals surface area contributed by atoms with Gasteiger partial charge in [-0.3, -0.25) is 9.59 Å². The van der Waals surface area contributed by atoms with E-state index in [1.54, 1.807) is 60.9 Å². The molecule has 17 heteroatoms. The Morgan fingerprint density at radius 2 is 0.939 bits per heavy atom. The van der Waals surface area contributed by atoms with Crippen molar-refractivity contribution < 1.29 is 22.8 Å². The summed E-state index contributed by atoms with van der Waals surface area (Å²) in [6.45, 7) is 0.616. The number of carbonyl (C=O) groups is 2. The van der Waals surface area contributed by atoms with Gasteiger partial charge in [-0.2, -0.15) is 5.26 Å². The number of aromatic amines is 1. The Balaban J connectivity index is 0.000000130. The Hall–Kier alpha value is -9.89. The molecule has 0 spiro atoms. The number of nitrogens with zero attached hydrogens (tertiary/aromatic N) is 7. The van der Waals surface area contributed by atoms with Crippen LogP contribution in [0.4, 0.5) is 13.2 Å². The fourth-order valence-corrected chi connectivity index (χ4v) is 9.91. The molecule has 82 heavy (non-hydrogen) atoms. The molecular formula is C65H45Br2F3N10O2. The number of pyridine rings is 3. The number of imidazole rings is 2. The molecule has 5 aromatic heterocycles. The predicted octanol–water partition coefficient (Wildman–Crippen LogP) is 14.9. The number of hydrogen-bond donors (Lipinski definition) is 3. The summed E-state index contributed by atoms with van der Waals surface area (Å²) in [4.78, 5) is 48.0. The maximum atomic E-state index is 13.4. The molecule has 2 amide bonds. The standard InChI is InChI=1S/C24H17FN4O.C17H12BrFN2O.C17H10BrFN2.C7H6N2/c25-17-8-6-16(7-9-17)19-12-22(24(26)30)28-21-11-15(5-10-18(19)21)13-29-14-27-20-3-1-2-4-23(20)29;18-9-10-1-6-13-14(11-2-4-12(19)5-3-11)8-16(17(20)22)21-15(13)7-10;18-9-11-1-6-15-16(12-2-4-13(19)5-3-12)8-14(10-20)21-17(15)7-11;1-2-4-7-6(3-1)8-5-9-7/h1-12,14H,13H2,(H2,26,30);1-8H,9H2,(H2,20,22);1-8H,9H2;1-5H,(H,8,9). The molecule has 0 unspecified atom stereocenters. The molecule has 0 aliphatic rings. The van der Waals surface area contributed by atoms with Crippen LogP contribution < -0.4 is 11.5 Å². The van der Waals surface area contributed by atoms with Crippen molar-refractivity contribution >= 4 is 98.4 Å². The van der Waals surface area contributed by atoms with Gasteiger partial charge in [0.1, 0.15) is 40.6 Å². The lowest BCUT2D eigenvalue weighted by Gasteiger charge is -2.11. The van der Waals surface area contributed by atoms with Crippen molar-refractivity contribution in [2.45, 2.75) is 17.2 Å². The number of aromatic nitrogens is 7. The molecule has 5 N–H and O–H groups in total.